The third-order valence-corrected chi connectivity index (χ3v) is 4.02. The highest BCUT2D eigenvalue weighted by atomic mass is 16.4. The van der Waals surface area contributed by atoms with Gasteiger partial charge in [-0.1, -0.05) is 30.3 Å². The van der Waals surface area contributed by atoms with E-state index in [-0.39, 0.29) is 11.1 Å². The van der Waals surface area contributed by atoms with E-state index in [1.807, 2.05) is 24.3 Å². The van der Waals surface area contributed by atoms with Crippen LogP contribution in [-0.2, 0) is 12.8 Å². The summed E-state index contributed by atoms with van der Waals surface area (Å²) in [5.41, 5.74) is 4.02. The fraction of sp³-hybridized carbons (Fsp3) is 0.111. The van der Waals surface area contributed by atoms with Gasteiger partial charge in [0.15, 0.2) is 0 Å². The van der Waals surface area contributed by atoms with Crippen LogP contribution >= 0.6 is 0 Å². The lowest BCUT2D eigenvalue weighted by Crippen LogP contribution is -2.13. The van der Waals surface area contributed by atoms with E-state index in [2.05, 4.69) is 6.58 Å². The van der Waals surface area contributed by atoms with Crippen molar-refractivity contribution in [1.82, 2.24) is 0 Å². The number of benzene rings is 2. The molecule has 2 N–H and O–H groups in total. The first-order valence-electron chi connectivity index (χ1n) is 6.89. The van der Waals surface area contributed by atoms with Gasteiger partial charge in [-0.25, -0.2) is 9.59 Å². The van der Waals surface area contributed by atoms with Gasteiger partial charge < -0.3 is 10.2 Å². The maximum Gasteiger partial charge on any atom is 0.336 e. The first-order valence-corrected chi connectivity index (χ1v) is 6.89. The number of carboxylic acids is 2. The van der Waals surface area contributed by atoms with Crippen molar-refractivity contribution in [1.29, 1.82) is 0 Å². The normalized spacial score (nSPS) is 11.6. The first kappa shape index (κ1) is 14.1. The Bertz CT molecular complexity index is 818. The Hall–Kier alpha value is -2.88. The Morgan fingerprint density at radius 1 is 1.14 bits per heavy atom. The smallest absolute Gasteiger partial charge is 0.336 e. The summed E-state index contributed by atoms with van der Waals surface area (Å²) in [5.74, 6) is -2.44. The van der Waals surface area contributed by atoms with Crippen LogP contribution in [-0.4, -0.2) is 22.2 Å². The van der Waals surface area contributed by atoms with Gasteiger partial charge in [0, 0.05) is 0 Å². The van der Waals surface area contributed by atoms with Crippen LogP contribution in [0, 0.1) is 0 Å². The fourth-order valence-electron chi connectivity index (χ4n) is 3.13. The summed E-state index contributed by atoms with van der Waals surface area (Å²) < 4.78 is 0. The van der Waals surface area contributed by atoms with E-state index in [0.717, 1.165) is 22.3 Å². The zero-order chi connectivity index (χ0) is 15.9. The summed E-state index contributed by atoms with van der Waals surface area (Å²) in [6, 6.07) is 9.22. The highest BCUT2D eigenvalue weighted by Gasteiger charge is 2.29. The van der Waals surface area contributed by atoms with Gasteiger partial charge in [-0.2, -0.15) is 0 Å². The van der Waals surface area contributed by atoms with Crippen molar-refractivity contribution in [2.75, 3.05) is 0 Å². The molecule has 0 radical (unpaired) electrons. The summed E-state index contributed by atoms with van der Waals surface area (Å²) in [6.07, 6.45) is 2.56. The molecule has 1 aliphatic carbocycles. The number of carbonyl (C=O) groups is 2. The molecule has 3 rings (SSSR count). The summed E-state index contributed by atoms with van der Waals surface area (Å²) in [6.45, 7) is 3.67. The number of hydrogen-bond acceptors (Lipinski definition) is 2. The maximum absolute atomic E-state index is 11.6. The molecule has 0 unspecified atom stereocenters. The zero-order valence-corrected chi connectivity index (χ0v) is 11.8. The van der Waals surface area contributed by atoms with Crippen LogP contribution in [0.25, 0.3) is 11.1 Å². The molecule has 0 atom stereocenters. The highest BCUT2D eigenvalue weighted by Crippen LogP contribution is 2.41. The molecule has 22 heavy (non-hydrogen) atoms. The molecule has 0 aromatic heterocycles. The molecule has 0 bridgehead atoms. The number of aromatic carboxylic acids is 2. The molecule has 0 spiro atoms. The number of allylic oxidation sites excluding steroid dienone is 1. The van der Waals surface area contributed by atoms with Gasteiger partial charge in [0.2, 0.25) is 0 Å². The monoisotopic (exact) mass is 294 g/mol. The van der Waals surface area contributed by atoms with Crippen LogP contribution in [0.1, 0.15) is 37.4 Å². The van der Waals surface area contributed by atoms with E-state index in [0.29, 0.717) is 18.4 Å². The van der Waals surface area contributed by atoms with Crippen molar-refractivity contribution in [2.45, 2.75) is 12.8 Å². The highest BCUT2D eigenvalue weighted by molar-refractivity contribution is 6.05. The largest absolute Gasteiger partial charge is 0.478 e. The van der Waals surface area contributed by atoms with Gasteiger partial charge in [-0.05, 0) is 46.7 Å². The second-order valence-corrected chi connectivity index (χ2v) is 5.24. The third kappa shape index (κ3) is 2.00. The van der Waals surface area contributed by atoms with Crippen LogP contribution < -0.4 is 0 Å². The van der Waals surface area contributed by atoms with Crippen LogP contribution in [0.2, 0.25) is 0 Å². The van der Waals surface area contributed by atoms with Gasteiger partial charge >= 0.3 is 11.9 Å². The number of carboxylic acid groups (broad SMARTS) is 2. The number of fused-ring (bicyclic) bond motifs is 3. The van der Waals surface area contributed by atoms with Crippen molar-refractivity contribution < 1.29 is 19.8 Å². The molecular weight excluding hydrogens is 280 g/mol. The molecule has 0 saturated carbocycles. The maximum atomic E-state index is 11.6. The minimum atomic E-state index is -1.23. The molecule has 1 aliphatic rings. The summed E-state index contributed by atoms with van der Waals surface area (Å²) in [5, 5.41) is 18.9. The molecule has 0 saturated heterocycles. The zero-order valence-electron chi connectivity index (χ0n) is 11.8. The van der Waals surface area contributed by atoms with Gasteiger partial charge in [0.05, 0.1) is 11.1 Å². The lowest BCUT2D eigenvalue weighted by Gasteiger charge is -2.14. The Morgan fingerprint density at radius 2 is 1.86 bits per heavy atom. The molecule has 2 aromatic carbocycles. The molecule has 0 amide bonds. The second-order valence-electron chi connectivity index (χ2n) is 5.24. The van der Waals surface area contributed by atoms with E-state index in [1.165, 1.54) is 6.07 Å². The van der Waals surface area contributed by atoms with Crippen molar-refractivity contribution in [3.05, 3.63) is 70.8 Å². The summed E-state index contributed by atoms with van der Waals surface area (Å²) >= 11 is 0. The van der Waals surface area contributed by atoms with Crippen molar-refractivity contribution >= 4 is 11.9 Å². The van der Waals surface area contributed by atoms with E-state index in [9.17, 15) is 19.8 Å². The molecule has 0 fully saturated rings. The molecule has 4 nitrogen and oxygen atoms in total. The molecule has 0 aliphatic heterocycles. The lowest BCUT2D eigenvalue weighted by molar-refractivity contribution is 0.0650. The molecule has 4 heteroatoms. The first-order chi connectivity index (χ1) is 10.5. The van der Waals surface area contributed by atoms with Crippen molar-refractivity contribution in [3.63, 3.8) is 0 Å². The second kappa shape index (κ2) is 5.15. The standard InChI is InChI=1S/C18H14O4/c1-2-5-12-13-8-10-6-3-4-7-11(10)14(13)9-15(17(19)20)16(12)18(21)22/h2-4,6-7,9H,1,5,8H2,(H,19,20)(H,21,22). The van der Waals surface area contributed by atoms with Crippen molar-refractivity contribution in [2.24, 2.45) is 0 Å². The van der Waals surface area contributed by atoms with E-state index in [4.69, 9.17) is 0 Å². The molecular formula is C18H14O4. The average molecular weight is 294 g/mol. The van der Waals surface area contributed by atoms with E-state index in [1.54, 1.807) is 6.08 Å². The number of rotatable bonds is 4. The molecule has 110 valence electrons. The Labute approximate surface area is 127 Å². The van der Waals surface area contributed by atoms with Gasteiger partial charge in [-0.3, -0.25) is 0 Å². The predicted molar refractivity (Wildman–Crippen MR) is 82.5 cm³/mol. The van der Waals surface area contributed by atoms with Crippen LogP contribution in [0.4, 0.5) is 0 Å². The average Bonchev–Trinajstić information content (AvgIpc) is 2.85. The molecule has 2 aromatic rings. The minimum Gasteiger partial charge on any atom is -0.478 e. The van der Waals surface area contributed by atoms with Crippen LogP contribution in [0.5, 0.6) is 0 Å². The summed E-state index contributed by atoms with van der Waals surface area (Å²) in [4.78, 5) is 23.1. The van der Waals surface area contributed by atoms with Crippen LogP contribution in [0.3, 0.4) is 0 Å². The van der Waals surface area contributed by atoms with Crippen LogP contribution in [0.15, 0.2) is 43.0 Å². The summed E-state index contributed by atoms with van der Waals surface area (Å²) in [7, 11) is 0. The van der Waals surface area contributed by atoms with Crippen molar-refractivity contribution in [3.8, 4) is 11.1 Å². The quantitative estimate of drug-likeness (QED) is 0.723. The third-order valence-electron chi connectivity index (χ3n) is 4.02. The topological polar surface area (TPSA) is 74.6 Å². The fourth-order valence-corrected chi connectivity index (χ4v) is 3.13. The van der Waals surface area contributed by atoms with E-state index < -0.39 is 11.9 Å². The Kier molecular flexibility index (Phi) is 3.29. The predicted octanol–water partition coefficient (Wildman–Crippen LogP) is 3.38. The SMILES string of the molecule is C=CCc1c2c(cc(C(=O)O)c1C(=O)O)-c1ccccc1C2. The van der Waals surface area contributed by atoms with E-state index >= 15 is 0 Å². The Balaban J connectivity index is 2.38. The Morgan fingerprint density at radius 3 is 2.50 bits per heavy atom. The van der Waals surface area contributed by atoms with Gasteiger partial charge in [0.1, 0.15) is 0 Å². The minimum absolute atomic E-state index is 0.126. The van der Waals surface area contributed by atoms with Gasteiger partial charge in [-0.15, -0.1) is 6.58 Å². The van der Waals surface area contributed by atoms with Gasteiger partial charge in [0.25, 0.3) is 0 Å². The molecule has 0 heterocycles. The number of hydrogen-bond donors (Lipinski definition) is 2. The lowest BCUT2D eigenvalue weighted by atomic mass is 9.90.